The molecule has 0 aromatic heterocycles. The molecule has 0 saturated carbocycles. The molecule has 1 rings (SSSR count). The van der Waals surface area contributed by atoms with E-state index in [1.165, 1.54) is 0 Å². The van der Waals surface area contributed by atoms with Gasteiger partial charge < -0.3 is 25.3 Å². The minimum absolute atomic E-state index is 0.0582. The fraction of sp³-hybridized carbons (Fsp3) is 0.562. The summed E-state index contributed by atoms with van der Waals surface area (Å²) in [5.74, 6) is 2.02. The molecule has 0 radical (unpaired) electrons. The molecule has 0 saturated heterocycles. The lowest BCUT2D eigenvalue weighted by Crippen LogP contribution is -2.34. The van der Waals surface area contributed by atoms with Crippen LogP contribution in [-0.2, 0) is 4.74 Å². The van der Waals surface area contributed by atoms with Gasteiger partial charge in [-0.15, -0.1) is 0 Å². The molecule has 0 amide bonds. The molecule has 0 aliphatic carbocycles. The van der Waals surface area contributed by atoms with Crippen LogP contribution >= 0.6 is 0 Å². The SMILES string of the molecule is CCOCCCNC(N)=NCC(C)Oc1ccc(OC)cc1. The van der Waals surface area contributed by atoms with Gasteiger partial charge in [-0.1, -0.05) is 0 Å². The Morgan fingerprint density at radius 3 is 2.59 bits per heavy atom. The summed E-state index contributed by atoms with van der Waals surface area (Å²) in [4.78, 5) is 4.26. The third-order valence-electron chi connectivity index (χ3n) is 2.89. The van der Waals surface area contributed by atoms with E-state index in [4.69, 9.17) is 19.9 Å². The Hall–Kier alpha value is -1.95. The number of aliphatic imine (C=N–C) groups is 1. The average molecular weight is 309 g/mol. The molecule has 0 spiro atoms. The summed E-state index contributed by atoms with van der Waals surface area (Å²) in [6.07, 6.45) is 0.847. The summed E-state index contributed by atoms with van der Waals surface area (Å²) >= 11 is 0. The van der Waals surface area contributed by atoms with E-state index in [0.29, 0.717) is 12.5 Å². The van der Waals surface area contributed by atoms with Crippen molar-refractivity contribution in [3.8, 4) is 11.5 Å². The number of ether oxygens (including phenoxy) is 3. The highest BCUT2D eigenvalue weighted by atomic mass is 16.5. The molecule has 1 unspecified atom stereocenters. The second-order valence-corrected chi connectivity index (χ2v) is 4.81. The zero-order valence-electron chi connectivity index (χ0n) is 13.7. The number of benzene rings is 1. The molecular weight excluding hydrogens is 282 g/mol. The molecular formula is C16H27N3O3. The van der Waals surface area contributed by atoms with Crippen LogP contribution in [-0.4, -0.2) is 45.5 Å². The number of methoxy groups -OCH3 is 1. The monoisotopic (exact) mass is 309 g/mol. The topological polar surface area (TPSA) is 78.1 Å². The molecule has 0 fully saturated rings. The molecule has 6 nitrogen and oxygen atoms in total. The number of hydrogen-bond acceptors (Lipinski definition) is 4. The highest BCUT2D eigenvalue weighted by Gasteiger charge is 2.04. The van der Waals surface area contributed by atoms with E-state index in [-0.39, 0.29) is 6.10 Å². The van der Waals surface area contributed by atoms with Gasteiger partial charge in [-0.3, -0.25) is 0 Å². The number of hydrogen-bond donors (Lipinski definition) is 2. The number of nitrogens with one attached hydrogen (secondary N) is 1. The second kappa shape index (κ2) is 10.7. The first kappa shape index (κ1) is 18.1. The summed E-state index contributed by atoms with van der Waals surface area (Å²) < 4.78 is 16.1. The van der Waals surface area contributed by atoms with Crippen LogP contribution in [0.4, 0.5) is 0 Å². The van der Waals surface area contributed by atoms with Crippen molar-refractivity contribution in [1.29, 1.82) is 0 Å². The zero-order valence-corrected chi connectivity index (χ0v) is 13.7. The van der Waals surface area contributed by atoms with Crippen LogP contribution in [0.5, 0.6) is 11.5 Å². The number of nitrogens with two attached hydrogens (primary N) is 1. The number of nitrogens with zero attached hydrogens (tertiary/aromatic N) is 1. The molecule has 1 aromatic carbocycles. The van der Waals surface area contributed by atoms with Crippen LogP contribution in [0.1, 0.15) is 20.3 Å². The minimum Gasteiger partial charge on any atom is -0.497 e. The van der Waals surface area contributed by atoms with Crippen molar-refractivity contribution in [2.75, 3.05) is 33.4 Å². The van der Waals surface area contributed by atoms with Crippen molar-refractivity contribution in [3.05, 3.63) is 24.3 Å². The fourth-order valence-corrected chi connectivity index (χ4v) is 1.74. The Balaban J connectivity index is 2.25. The van der Waals surface area contributed by atoms with Crippen LogP contribution in [0.3, 0.4) is 0 Å². The molecule has 0 aliphatic heterocycles. The van der Waals surface area contributed by atoms with Gasteiger partial charge in [0.05, 0.1) is 13.7 Å². The van der Waals surface area contributed by atoms with E-state index in [1.807, 2.05) is 38.1 Å². The molecule has 124 valence electrons. The van der Waals surface area contributed by atoms with Gasteiger partial charge in [0.1, 0.15) is 17.6 Å². The van der Waals surface area contributed by atoms with Gasteiger partial charge >= 0.3 is 0 Å². The number of guanidine groups is 1. The average Bonchev–Trinajstić information content (AvgIpc) is 2.53. The highest BCUT2D eigenvalue weighted by Crippen LogP contribution is 2.18. The molecule has 3 N–H and O–H groups in total. The van der Waals surface area contributed by atoms with Crippen molar-refractivity contribution in [2.45, 2.75) is 26.4 Å². The Morgan fingerprint density at radius 1 is 1.27 bits per heavy atom. The third-order valence-corrected chi connectivity index (χ3v) is 2.89. The lowest BCUT2D eigenvalue weighted by atomic mass is 10.3. The Labute approximate surface area is 132 Å². The van der Waals surface area contributed by atoms with Crippen molar-refractivity contribution < 1.29 is 14.2 Å². The van der Waals surface area contributed by atoms with E-state index in [2.05, 4.69) is 10.3 Å². The molecule has 22 heavy (non-hydrogen) atoms. The first-order chi connectivity index (χ1) is 10.7. The van der Waals surface area contributed by atoms with Gasteiger partial charge in [0.25, 0.3) is 0 Å². The van der Waals surface area contributed by atoms with E-state index in [9.17, 15) is 0 Å². The van der Waals surface area contributed by atoms with E-state index >= 15 is 0 Å². The molecule has 1 aromatic rings. The first-order valence-electron chi connectivity index (χ1n) is 7.58. The molecule has 1 atom stereocenters. The van der Waals surface area contributed by atoms with Gasteiger partial charge in [-0.2, -0.15) is 0 Å². The Kier molecular flexibility index (Phi) is 8.83. The molecule has 0 aliphatic rings. The largest absolute Gasteiger partial charge is 0.497 e. The van der Waals surface area contributed by atoms with Crippen molar-refractivity contribution in [2.24, 2.45) is 10.7 Å². The maximum Gasteiger partial charge on any atom is 0.188 e. The van der Waals surface area contributed by atoms with Crippen molar-refractivity contribution >= 4 is 5.96 Å². The number of rotatable bonds is 10. The van der Waals surface area contributed by atoms with Crippen LogP contribution < -0.4 is 20.5 Å². The van der Waals surface area contributed by atoms with E-state index < -0.39 is 0 Å². The fourth-order valence-electron chi connectivity index (χ4n) is 1.74. The van der Waals surface area contributed by atoms with Crippen LogP contribution in [0.15, 0.2) is 29.3 Å². The lowest BCUT2D eigenvalue weighted by molar-refractivity contribution is 0.145. The minimum atomic E-state index is -0.0582. The van der Waals surface area contributed by atoms with Crippen molar-refractivity contribution in [3.63, 3.8) is 0 Å². The lowest BCUT2D eigenvalue weighted by Gasteiger charge is -2.13. The van der Waals surface area contributed by atoms with Gasteiger partial charge in [-0.25, -0.2) is 4.99 Å². The third kappa shape index (κ3) is 7.73. The van der Waals surface area contributed by atoms with Gasteiger partial charge in [0.2, 0.25) is 0 Å². The van der Waals surface area contributed by atoms with Crippen LogP contribution in [0, 0.1) is 0 Å². The second-order valence-electron chi connectivity index (χ2n) is 4.81. The first-order valence-corrected chi connectivity index (χ1v) is 7.58. The predicted molar refractivity (Wildman–Crippen MR) is 88.7 cm³/mol. The zero-order chi connectivity index (χ0) is 16.2. The maximum atomic E-state index is 5.79. The van der Waals surface area contributed by atoms with Gasteiger partial charge in [-0.05, 0) is 44.5 Å². The Bertz CT molecular complexity index is 435. The predicted octanol–water partition coefficient (Wildman–Crippen LogP) is 1.79. The summed E-state index contributed by atoms with van der Waals surface area (Å²) in [5.41, 5.74) is 5.79. The highest BCUT2D eigenvalue weighted by molar-refractivity contribution is 5.77. The van der Waals surface area contributed by atoms with Crippen LogP contribution in [0.25, 0.3) is 0 Å². The van der Waals surface area contributed by atoms with Crippen molar-refractivity contribution in [1.82, 2.24) is 5.32 Å². The molecule has 0 heterocycles. The van der Waals surface area contributed by atoms with Gasteiger partial charge in [0, 0.05) is 19.8 Å². The smallest absolute Gasteiger partial charge is 0.188 e. The molecule has 6 heteroatoms. The summed E-state index contributed by atoms with van der Waals surface area (Å²) in [5, 5.41) is 3.05. The maximum absolute atomic E-state index is 5.79. The summed E-state index contributed by atoms with van der Waals surface area (Å²) in [6, 6.07) is 7.46. The summed E-state index contributed by atoms with van der Waals surface area (Å²) in [7, 11) is 1.64. The van der Waals surface area contributed by atoms with Gasteiger partial charge in [0.15, 0.2) is 5.96 Å². The Morgan fingerprint density at radius 2 is 1.95 bits per heavy atom. The van der Waals surface area contributed by atoms with E-state index in [0.717, 1.165) is 37.7 Å². The normalized spacial score (nSPS) is 12.8. The van der Waals surface area contributed by atoms with Crippen LogP contribution in [0.2, 0.25) is 0 Å². The quantitative estimate of drug-likeness (QED) is 0.391. The van der Waals surface area contributed by atoms with E-state index in [1.54, 1.807) is 7.11 Å². The standard InChI is InChI=1S/C16H27N3O3/c1-4-21-11-5-10-18-16(17)19-12-13(2)22-15-8-6-14(20-3)7-9-15/h6-9,13H,4-5,10-12H2,1-3H3,(H3,17,18,19). The summed E-state index contributed by atoms with van der Waals surface area (Å²) in [6.45, 7) is 6.65. The molecule has 0 bridgehead atoms.